The number of aryl methyl sites for hydroxylation is 1. The largest absolute Gasteiger partial charge is 0.379 e. The lowest BCUT2D eigenvalue weighted by Gasteiger charge is -2.26. The van der Waals surface area contributed by atoms with E-state index < -0.39 is 0 Å². The lowest BCUT2D eigenvalue weighted by Crippen LogP contribution is -2.45. The summed E-state index contributed by atoms with van der Waals surface area (Å²) in [4.78, 5) is 9.65. The van der Waals surface area contributed by atoms with Crippen LogP contribution in [-0.2, 0) is 4.74 Å². The third-order valence-electron chi connectivity index (χ3n) is 5.06. The normalized spacial score (nSPS) is 21.8. The van der Waals surface area contributed by atoms with E-state index in [1.807, 2.05) is 0 Å². The molecule has 0 radical (unpaired) electrons. The molecular weight excluding hydrogens is 326 g/mol. The predicted molar refractivity (Wildman–Crippen MR) is 108 cm³/mol. The Balaban J connectivity index is 1.48. The number of hydrogen-bond donors (Lipinski definition) is 2. The number of hydrogen-bond acceptors (Lipinski definition) is 4. The van der Waals surface area contributed by atoms with Crippen LogP contribution in [0.4, 0.5) is 5.69 Å². The van der Waals surface area contributed by atoms with Gasteiger partial charge >= 0.3 is 0 Å². The van der Waals surface area contributed by atoms with Crippen LogP contribution < -0.4 is 15.5 Å². The van der Waals surface area contributed by atoms with E-state index in [9.17, 15) is 0 Å². The third-order valence-corrected chi connectivity index (χ3v) is 5.06. The van der Waals surface area contributed by atoms with Crippen molar-refractivity contribution in [2.75, 3.05) is 63.9 Å². The summed E-state index contributed by atoms with van der Waals surface area (Å²) < 4.78 is 5.40. The lowest BCUT2D eigenvalue weighted by molar-refractivity contribution is 0.0394. The molecule has 0 amide bonds. The van der Waals surface area contributed by atoms with E-state index in [1.54, 1.807) is 0 Å². The van der Waals surface area contributed by atoms with Crippen LogP contribution in [0.5, 0.6) is 0 Å². The minimum Gasteiger partial charge on any atom is -0.379 e. The fraction of sp³-hybridized carbons (Fsp3) is 0.650. The molecule has 0 aliphatic carbocycles. The topological polar surface area (TPSA) is 52.1 Å². The smallest absolute Gasteiger partial charge is 0.191 e. The lowest BCUT2D eigenvalue weighted by atomic mass is 10.2. The zero-order valence-corrected chi connectivity index (χ0v) is 16.2. The van der Waals surface area contributed by atoms with Crippen molar-refractivity contribution in [3.8, 4) is 0 Å². The SMILES string of the molecule is CCNC(=NCCN1CCOCC1)NC1CCN(c2ccc(C)cc2)C1. The quantitative estimate of drug-likeness (QED) is 0.595. The maximum atomic E-state index is 5.40. The van der Waals surface area contributed by atoms with Gasteiger partial charge in [0.25, 0.3) is 0 Å². The Bertz CT molecular complexity index is 568. The molecule has 2 heterocycles. The molecule has 1 unspecified atom stereocenters. The van der Waals surface area contributed by atoms with Crippen LogP contribution in [0.25, 0.3) is 0 Å². The van der Waals surface area contributed by atoms with Gasteiger partial charge in [0.2, 0.25) is 0 Å². The molecule has 1 aromatic rings. The summed E-state index contributed by atoms with van der Waals surface area (Å²) in [6.07, 6.45) is 1.14. The van der Waals surface area contributed by atoms with E-state index in [0.29, 0.717) is 6.04 Å². The number of ether oxygens (including phenoxy) is 1. The number of morpholine rings is 1. The Kier molecular flexibility index (Phi) is 7.14. The first kappa shape index (κ1) is 19.0. The Labute approximate surface area is 157 Å². The molecule has 1 atom stereocenters. The van der Waals surface area contributed by atoms with Gasteiger partial charge in [-0.2, -0.15) is 0 Å². The van der Waals surface area contributed by atoms with Gasteiger partial charge in [0.15, 0.2) is 5.96 Å². The Morgan fingerprint density at radius 3 is 2.69 bits per heavy atom. The van der Waals surface area contributed by atoms with Gasteiger partial charge in [-0.15, -0.1) is 0 Å². The summed E-state index contributed by atoms with van der Waals surface area (Å²) in [5.74, 6) is 0.941. The second kappa shape index (κ2) is 9.78. The van der Waals surface area contributed by atoms with E-state index in [0.717, 1.165) is 71.4 Å². The average molecular weight is 360 g/mol. The van der Waals surface area contributed by atoms with Crippen molar-refractivity contribution in [1.82, 2.24) is 15.5 Å². The van der Waals surface area contributed by atoms with Crippen LogP contribution in [0.2, 0.25) is 0 Å². The molecule has 2 saturated heterocycles. The van der Waals surface area contributed by atoms with Crippen LogP contribution in [0, 0.1) is 6.92 Å². The minimum atomic E-state index is 0.442. The van der Waals surface area contributed by atoms with Gasteiger partial charge in [-0.1, -0.05) is 17.7 Å². The second-order valence-corrected chi connectivity index (χ2v) is 7.13. The van der Waals surface area contributed by atoms with Gasteiger partial charge in [0.05, 0.1) is 19.8 Å². The second-order valence-electron chi connectivity index (χ2n) is 7.13. The summed E-state index contributed by atoms with van der Waals surface area (Å²) in [5.41, 5.74) is 2.62. The molecule has 1 aromatic carbocycles. The van der Waals surface area contributed by atoms with Crippen molar-refractivity contribution in [3.63, 3.8) is 0 Å². The molecule has 6 nitrogen and oxygen atoms in total. The maximum absolute atomic E-state index is 5.40. The number of anilines is 1. The maximum Gasteiger partial charge on any atom is 0.191 e. The van der Waals surface area contributed by atoms with Gasteiger partial charge in [-0.25, -0.2) is 0 Å². The van der Waals surface area contributed by atoms with Gasteiger partial charge in [0, 0.05) is 51.0 Å². The Hall–Kier alpha value is -1.79. The molecule has 0 spiro atoms. The number of rotatable bonds is 6. The zero-order chi connectivity index (χ0) is 18.2. The van der Waals surface area contributed by atoms with E-state index in [4.69, 9.17) is 9.73 Å². The van der Waals surface area contributed by atoms with Crippen LogP contribution in [0.1, 0.15) is 18.9 Å². The van der Waals surface area contributed by atoms with E-state index >= 15 is 0 Å². The monoisotopic (exact) mass is 359 g/mol. The third kappa shape index (κ3) is 5.61. The molecule has 0 aromatic heterocycles. The molecule has 2 N–H and O–H groups in total. The molecule has 2 fully saturated rings. The highest BCUT2D eigenvalue weighted by atomic mass is 16.5. The summed E-state index contributed by atoms with van der Waals surface area (Å²) >= 11 is 0. The van der Waals surface area contributed by atoms with Crippen molar-refractivity contribution >= 4 is 11.6 Å². The van der Waals surface area contributed by atoms with Gasteiger partial charge in [0.1, 0.15) is 0 Å². The first-order valence-corrected chi connectivity index (χ1v) is 9.91. The highest BCUT2D eigenvalue weighted by Crippen LogP contribution is 2.20. The predicted octanol–water partition coefficient (Wildman–Crippen LogP) is 1.46. The highest BCUT2D eigenvalue weighted by molar-refractivity contribution is 5.80. The summed E-state index contributed by atoms with van der Waals surface area (Å²) in [5, 5.41) is 7.01. The molecule has 2 aliphatic heterocycles. The number of guanidine groups is 1. The van der Waals surface area contributed by atoms with Crippen molar-refractivity contribution in [1.29, 1.82) is 0 Å². The Morgan fingerprint density at radius 2 is 1.96 bits per heavy atom. The summed E-state index contributed by atoms with van der Waals surface area (Å²) in [6, 6.07) is 9.26. The van der Waals surface area contributed by atoms with E-state index in [1.165, 1.54) is 11.3 Å². The summed E-state index contributed by atoms with van der Waals surface area (Å²) in [6.45, 7) is 12.8. The molecule has 0 saturated carbocycles. The van der Waals surface area contributed by atoms with Crippen LogP contribution in [0.3, 0.4) is 0 Å². The van der Waals surface area contributed by atoms with Crippen molar-refractivity contribution in [3.05, 3.63) is 29.8 Å². The molecular formula is C20H33N5O. The summed E-state index contributed by atoms with van der Waals surface area (Å²) in [7, 11) is 0. The van der Waals surface area contributed by atoms with Crippen molar-refractivity contribution in [2.24, 2.45) is 4.99 Å². The van der Waals surface area contributed by atoms with Gasteiger partial charge in [-0.05, 0) is 32.4 Å². The van der Waals surface area contributed by atoms with Crippen molar-refractivity contribution < 1.29 is 4.74 Å². The highest BCUT2D eigenvalue weighted by Gasteiger charge is 2.23. The Morgan fingerprint density at radius 1 is 1.19 bits per heavy atom. The average Bonchev–Trinajstić information content (AvgIpc) is 3.12. The van der Waals surface area contributed by atoms with Crippen molar-refractivity contribution in [2.45, 2.75) is 26.3 Å². The molecule has 26 heavy (non-hydrogen) atoms. The number of nitrogens with zero attached hydrogens (tertiary/aromatic N) is 3. The molecule has 144 valence electrons. The van der Waals surface area contributed by atoms with E-state index in [2.05, 4.69) is 58.5 Å². The van der Waals surface area contributed by atoms with Crippen LogP contribution >= 0.6 is 0 Å². The van der Waals surface area contributed by atoms with Gasteiger partial charge < -0.3 is 20.3 Å². The molecule has 0 bridgehead atoms. The first-order valence-electron chi connectivity index (χ1n) is 9.91. The number of nitrogens with one attached hydrogen (secondary N) is 2. The van der Waals surface area contributed by atoms with E-state index in [-0.39, 0.29) is 0 Å². The van der Waals surface area contributed by atoms with Gasteiger partial charge in [-0.3, -0.25) is 9.89 Å². The fourth-order valence-corrected chi connectivity index (χ4v) is 3.51. The zero-order valence-electron chi connectivity index (χ0n) is 16.2. The van der Waals surface area contributed by atoms with Crippen LogP contribution in [-0.4, -0.2) is 75.9 Å². The number of aliphatic imine (C=N–C) groups is 1. The standard InChI is InChI=1S/C20H33N5O/c1-3-21-20(22-9-11-24-12-14-26-15-13-24)23-18-8-10-25(16-18)19-6-4-17(2)5-7-19/h4-7,18H,3,8-16H2,1-2H3,(H2,21,22,23). The minimum absolute atomic E-state index is 0.442. The molecule has 6 heteroatoms. The first-order chi connectivity index (χ1) is 12.7. The molecule has 2 aliphatic rings. The number of benzene rings is 1. The fourth-order valence-electron chi connectivity index (χ4n) is 3.51. The molecule has 3 rings (SSSR count). The van der Waals surface area contributed by atoms with Crippen LogP contribution in [0.15, 0.2) is 29.3 Å².